The van der Waals surface area contributed by atoms with Crippen molar-refractivity contribution in [2.75, 3.05) is 62.6 Å². The fourth-order valence-corrected chi connectivity index (χ4v) is 3.44. The molecule has 0 radical (unpaired) electrons. The first-order valence-corrected chi connectivity index (χ1v) is 9.44. The Morgan fingerprint density at radius 1 is 1.00 bits per heavy atom. The average molecular weight is 360 g/mol. The van der Waals surface area contributed by atoms with Crippen LogP contribution < -0.4 is 10.2 Å². The number of nitrogens with zero attached hydrogens (tertiary/aromatic N) is 3. The van der Waals surface area contributed by atoms with Gasteiger partial charge in [0, 0.05) is 50.6 Å². The molecule has 2 aliphatic rings. The molecule has 0 aliphatic carbocycles. The molecule has 142 valence electrons. The lowest BCUT2D eigenvalue weighted by Crippen LogP contribution is -2.50. The Hall–Kier alpha value is -2.28. The number of hydrogen-bond donors (Lipinski definition) is 1. The Kier molecular flexibility index (Phi) is 6.33. The maximum atomic E-state index is 12.3. The summed E-state index contributed by atoms with van der Waals surface area (Å²) in [6, 6.07) is 8.06. The third kappa shape index (κ3) is 4.88. The van der Waals surface area contributed by atoms with E-state index in [2.05, 4.69) is 27.2 Å². The number of carbonyl (C=O) groups excluding carboxylic acids is 2. The predicted molar refractivity (Wildman–Crippen MR) is 102 cm³/mol. The zero-order valence-corrected chi connectivity index (χ0v) is 15.4. The Labute approximate surface area is 154 Å². The summed E-state index contributed by atoms with van der Waals surface area (Å²) in [5.74, 6) is -0.0245. The van der Waals surface area contributed by atoms with Gasteiger partial charge in [-0.25, -0.2) is 4.79 Å². The molecular formula is C19H28N4O3. The van der Waals surface area contributed by atoms with Crippen molar-refractivity contribution in [2.45, 2.75) is 19.8 Å². The quantitative estimate of drug-likeness (QED) is 0.870. The number of hydrogen-bond acceptors (Lipinski definition) is 5. The summed E-state index contributed by atoms with van der Waals surface area (Å²) in [6.07, 6.45) is 2.24. The second-order valence-electron chi connectivity index (χ2n) is 6.75. The smallest absolute Gasteiger partial charge is 0.409 e. The first kappa shape index (κ1) is 18.5. The van der Waals surface area contributed by atoms with Crippen molar-refractivity contribution in [3.05, 3.63) is 24.3 Å². The Bertz CT molecular complexity index is 606. The van der Waals surface area contributed by atoms with Crippen molar-refractivity contribution in [1.29, 1.82) is 0 Å². The highest BCUT2D eigenvalue weighted by molar-refractivity contribution is 5.92. The lowest BCUT2D eigenvalue weighted by molar-refractivity contribution is -0.117. The standard InChI is InChI=1S/C19H28N4O3/c1-2-26-19(25)23-13-11-21(12-14-23)15-18(24)20-16-5-7-17(8-6-16)22-9-3-4-10-22/h5-8H,2-4,9-15H2,1H3,(H,20,24). The van der Waals surface area contributed by atoms with Gasteiger partial charge in [-0.2, -0.15) is 0 Å². The van der Waals surface area contributed by atoms with Crippen molar-refractivity contribution in [2.24, 2.45) is 0 Å². The average Bonchev–Trinajstić information content (AvgIpc) is 3.18. The van der Waals surface area contributed by atoms with Crippen LogP contribution in [0.25, 0.3) is 0 Å². The van der Waals surface area contributed by atoms with E-state index in [1.165, 1.54) is 18.5 Å². The molecule has 1 aromatic rings. The van der Waals surface area contributed by atoms with Crippen molar-refractivity contribution < 1.29 is 14.3 Å². The monoisotopic (exact) mass is 360 g/mol. The summed E-state index contributed by atoms with van der Waals surface area (Å²) in [4.78, 5) is 30.1. The number of anilines is 2. The molecule has 3 rings (SSSR count). The second-order valence-corrected chi connectivity index (χ2v) is 6.75. The Morgan fingerprint density at radius 2 is 1.65 bits per heavy atom. The van der Waals surface area contributed by atoms with Gasteiger partial charge in [0.2, 0.25) is 5.91 Å². The van der Waals surface area contributed by atoms with E-state index in [1.54, 1.807) is 11.8 Å². The van der Waals surface area contributed by atoms with Crippen molar-refractivity contribution in [3.63, 3.8) is 0 Å². The molecule has 0 saturated carbocycles. The molecule has 0 aromatic heterocycles. The molecule has 2 saturated heterocycles. The van der Waals surface area contributed by atoms with Gasteiger partial charge in [-0.05, 0) is 44.0 Å². The molecule has 7 nitrogen and oxygen atoms in total. The number of carbonyl (C=O) groups is 2. The molecule has 2 aliphatic heterocycles. The SMILES string of the molecule is CCOC(=O)N1CCN(CC(=O)Nc2ccc(N3CCCC3)cc2)CC1. The van der Waals surface area contributed by atoms with Crippen LogP contribution in [0.1, 0.15) is 19.8 Å². The fourth-order valence-electron chi connectivity index (χ4n) is 3.44. The topological polar surface area (TPSA) is 65.1 Å². The highest BCUT2D eigenvalue weighted by atomic mass is 16.6. The van der Waals surface area contributed by atoms with Crippen LogP contribution in [0.15, 0.2) is 24.3 Å². The molecule has 1 aromatic carbocycles. The van der Waals surface area contributed by atoms with Gasteiger partial charge in [0.05, 0.1) is 13.2 Å². The van der Waals surface area contributed by atoms with Gasteiger partial charge in [-0.1, -0.05) is 0 Å². The van der Waals surface area contributed by atoms with Gasteiger partial charge in [-0.3, -0.25) is 9.69 Å². The van der Waals surface area contributed by atoms with Gasteiger partial charge in [0.15, 0.2) is 0 Å². The third-order valence-electron chi connectivity index (χ3n) is 4.89. The number of rotatable bonds is 5. The minimum atomic E-state index is -0.269. The van der Waals surface area contributed by atoms with Crippen LogP contribution in [-0.2, 0) is 9.53 Å². The van der Waals surface area contributed by atoms with Crippen LogP contribution in [0.2, 0.25) is 0 Å². The van der Waals surface area contributed by atoms with Crippen LogP contribution in [0.4, 0.5) is 16.2 Å². The zero-order valence-electron chi connectivity index (χ0n) is 15.4. The summed E-state index contributed by atoms with van der Waals surface area (Å²) >= 11 is 0. The van der Waals surface area contributed by atoms with E-state index >= 15 is 0 Å². The summed E-state index contributed by atoms with van der Waals surface area (Å²) in [5, 5.41) is 2.96. The molecule has 1 N–H and O–H groups in total. The van der Waals surface area contributed by atoms with E-state index in [1.807, 2.05) is 12.1 Å². The molecule has 0 atom stereocenters. The van der Waals surface area contributed by atoms with Gasteiger partial charge < -0.3 is 19.9 Å². The van der Waals surface area contributed by atoms with Crippen LogP contribution in [0.5, 0.6) is 0 Å². The molecule has 26 heavy (non-hydrogen) atoms. The zero-order chi connectivity index (χ0) is 18.4. The van der Waals surface area contributed by atoms with E-state index in [-0.39, 0.29) is 12.0 Å². The predicted octanol–water partition coefficient (Wildman–Crippen LogP) is 2.00. The molecular weight excluding hydrogens is 332 g/mol. The molecule has 2 fully saturated rings. The van der Waals surface area contributed by atoms with E-state index < -0.39 is 0 Å². The normalized spacial score (nSPS) is 18.0. The lowest BCUT2D eigenvalue weighted by atomic mass is 10.2. The van der Waals surface area contributed by atoms with Gasteiger partial charge in [-0.15, -0.1) is 0 Å². The summed E-state index contributed by atoms with van der Waals surface area (Å²) in [7, 11) is 0. The first-order chi connectivity index (χ1) is 12.7. The Balaban J connectivity index is 1.42. The molecule has 0 spiro atoms. The summed E-state index contributed by atoms with van der Waals surface area (Å²) < 4.78 is 5.01. The first-order valence-electron chi connectivity index (χ1n) is 9.44. The van der Waals surface area contributed by atoms with Gasteiger partial charge in [0.25, 0.3) is 0 Å². The van der Waals surface area contributed by atoms with Crippen molar-refractivity contribution >= 4 is 23.4 Å². The molecule has 7 heteroatoms. The van der Waals surface area contributed by atoms with E-state index in [0.717, 1.165) is 18.8 Å². The largest absolute Gasteiger partial charge is 0.450 e. The van der Waals surface area contributed by atoms with Crippen LogP contribution in [0.3, 0.4) is 0 Å². The van der Waals surface area contributed by atoms with Gasteiger partial charge >= 0.3 is 6.09 Å². The van der Waals surface area contributed by atoms with Crippen molar-refractivity contribution in [1.82, 2.24) is 9.80 Å². The number of nitrogens with one attached hydrogen (secondary N) is 1. The molecule has 0 bridgehead atoms. The lowest BCUT2D eigenvalue weighted by Gasteiger charge is -2.33. The minimum Gasteiger partial charge on any atom is -0.450 e. The maximum Gasteiger partial charge on any atom is 0.409 e. The fraction of sp³-hybridized carbons (Fsp3) is 0.579. The molecule has 2 heterocycles. The van der Waals surface area contributed by atoms with E-state index in [0.29, 0.717) is 39.3 Å². The number of benzene rings is 1. The second kappa shape index (κ2) is 8.89. The third-order valence-corrected chi connectivity index (χ3v) is 4.89. The van der Waals surface area contributed by atoms with Crippen LogP contribution in [-0.4, -0.2) is 74.2 Å². The van der Waals surface area contributed by atoms with Crippen molar-refractivity contribution in [3.8, 4) is 0 Å². The maximum absolute atomic E-state index is 12.3. The van der Waals surface area contributed by atoms with Gasteiger partial charge in [0.1, 0.15) is 0 Å². The Morgan fingerprint density at radius 3 is 2.27 bits per heavy atom. The number of ether oxygens (including phenoxy) is 1. The highest BCUT2D eigenvalue weighted by Gasteiger charge is 2.23. The molecule has 2 amide bonds. The highest BCUT2D eigenvalue weighted by Crippen LogP contribution is 2.22. The van der Waals surface area contributed by atoms with Crippen LogP contribution >= 0.6 is 0 Å². The number of amides is 2. The van der Waals surface area contributed by atoms with Crippen LogP contribution in [0, 0.1) is 0 Å². The summed E-state index contributed by atoms with van der Waals surface area (Å²) in [6.45, 7) is 7.30. The molecule has 0 unspecified atom stereocenters. The summed E-state index contributed by atoms with van der Waals surface area (Å²) in [5.41, 5.74) is 2.04. The minimum absolute atomic E-state index is 0.0245. The van der Waals surface area contributed by atoms with E-state index in [9.17, 15) is 9.59 Å². The number of piperazine rings is 1. The van der Waals surface area contributed by atoms with E-state index in [4.69, 9.17) is 4.74 Å².